The van der Waals surface area contributed by atoms with Gasteiger partial charge in [-0.2, -0.15) is 13.2 Å². The molecule has 1 aliphatic rings. The highest BCUT2D eigenvalue weighted by Crippen LogP contribution is 2.30. The standard InChI is InChI=1S/C13H13F3N2O3/c14-13(15,16)7-18(10-4-5-10)12(21)17-9-3-1-2-8(6-9)11(19)20/h1-3,6,10H,4-5,7H2,(H,17,21)(H,19,20). The van der Waals surface area contributed by atoms with E-state index in [-0.39, 0.29) is 11.3 Å². The second kappa shape index (κ2) is 5.63. The molecule has 0 spiro atoms. The van der Waals surface area contributed by atoms with Crippen molar-refractivity contribution in [3.63, 3.8) is 0 Å². The lowest BCUT2D eigenvalue weighted by molar-refractivity contribution is -0.140. The number of hydrogen-bond acceptors (Lipinski definition) is 2. The zero-order chi connectivity index (χ0) is 15.6. The molecule has 1 aromatic carbocycles. The Hall–Kier alpha value is -2.25. The molecular weight excluding hydrogens is 289 g/mol. The smallest absolute Gasteiger partial charge is 0.406 e. The number of anilines is 1. The highest BCUT2D eigenvalue weighted by atomic mass is 19.4. The summed E-state index contributed by atoms with van der Waals surface area (Å²) < 4.78 is 37.4. The van der Waals surface area contributed by atoms with E-state index in [1.54, 1.807) is 0 Å². The van der Waals surface area contributed by atoms with Gasteiger partial charge in [0.2, 0.25) is 0 Å². The summed E-state index contributed by atoms with van der Waals surface area (Å²) in [5.74, 6) is -1.18. The van der Waals surface area contributed by atoms with Crippen LogP contribution in [0.1, 0.15) is 23.2 Å². The van der Waals surface area contributed by atoms with Crippen molar-refractivity contribution in [1.29, 1.82) is 0 Å². The van der Waals surface area contributed by atoms with Gasteiger partial charge in [-0.05, 0) is 31.0 Å². The van der Waals surface area contributed by atoms with E-state index in [1.165, 1.54) is 24.3 Å². The first-order chi connectivity index (χ1) is 9.76. The van der Waals surface area contributed by atoms with Gasteiger partial charge in [0.15, 0.2) is 0 Å². The fraction of sp³-hybridized carbons (Fsp3) is 0.385. The molecule has 1 aliphatic carbocycles. The van der Waals surface area contributed by atoms with Crippen molar-refractivity contribution >= 4 is 17.7 Å². The molecule has 0 aliphatic heterocycles. The maximum atomic E-state index is 12.5. The number of rotatable bonds is 4. The van der Waals surface area contributed by atoms with Crippen molar-refractivity contribution in [3.05, 3.63) is 29.8 Å². The highest BCUT2D eigenvalue weighted by molar-refractivity contribution is 5.93. The van der Waals surface area contributed by atoms with E-state index in [9.17, 15) is 22.8 Å². The van der Waals surface area contributed by atoms with E-state index in [2.05, 4.69) is 5.32 Å². The number of amides is 2. The first kappa shape index (κ1) is 15.1. The average molecular weight is 302 g/mol. The molecule has 1 fully saturated rings. The number of halogens is 3. The summed E-state index contributed by atoms with van der Waals surface area (Å²) in [6.45, 7) is -1.32. The summed E-state index contributed by atoms with van der Waals surface area (Å²) in [6, 6.07) is 4.06. The van der Waals surface area contributed by atoms with Crippen LogP contribution in [-0.2, 0) is 0 Å². The second-order valence-electron chi connectivity index (χ2n) is 4.79. The molecule has 0 aromatic heterocycles. The summed E-state index contributed by atoms with van der Waals surface area (Å²) in [5.41, 5.74) is 0.0920. The van der Waals surface area contributed by atoms with Crippen LogP contribution in [0.3, 0.4) is 0 Å². The monoisotopic (exact) mass is 302 g/mol. The molecule has 21 heavy (non-hydrogen) atoms. The van der Waals surface area contributed by atoms with Gasteiger partial charge < -0.3 is 15.3 Å². The van der Waals surface area contributed by atoms with Crippen molar-refractivity contribution in [2.75, 3.05) is 11.9 Å². The third-order valence-corrected chi connectivity index (χ3v) is 2.96. The number of aromatic carboxylic acids is 1. The van der Waals surface area contributed by atoms with Crippen LogP contribution < -0.4 is 5.32 Å². The molecule has 2 amide bonds. The van der Waals surface area contributed by atoms with Crippen LogP contribution in [0.2, 0.25) is 0 Å². The SMILES string of the molecule is O=C(O)c1cccc(NC(=O)N(CC(F)(F)F)C2CC2)c1. The molecule has 0 radical (unpaired) electrons. The van der Waals surface area contributed by atoms with E-state index < -0.39 is 30.8 Å². The summed E-state index contributed by atoms with van der Waals surface area (Å²) in [7, 11) is 0. The molecule has 5 nitrogen and oxygen atoms in total. The Morgan fingerprint density at radius 1 is 1.33 bits per heavy atom. The predicted molar refractivity (Wildman–Crippen MR) is 68.2 cm³/mol. The number of alkyl halides is 3. The fourth-order valence-corrected chi connectivity index (χ4v) is 1.87. The molecule has 8 heteroatoms. The molecular formula is C13H13F3N2O3. The van der Waals surface area contributed by atoms with Crippen molar-refractivity contribution < 1.29 is 27.9 Å². The first-order valence-electron chi connectivity index (χ1n) is 6.24. The molecule has 1 aromatic rings. The lowest BCUT2D eigenvalue weighted by atomic mass is 10.2. The number of carboxylic acid groups (broad SMARTS) is 1. The normalized spacial score (nSPS) is 14.6. The van der Waals surface area contributed by atoms with E-state index in [1.807, 2.05) is 0 Å². The van der Waals surface area contributed by atoms with Crippen LogP contribution in [0.25, 0.3) is 0 Å². The molecule has 0 bridgehead atoms. The minimum atomic E-state index is -4.47. The molecule has 1 saturated carbocycles. The number of carbonyl (C=O) groups excluding carboxylic acids is 1. The molecule has 2 N–H and O–H groups in total. The molecule has 0 unspecified atom stereocenters. The van der Waals surface area contributed by atoms with Crippen LogP contribution in [0.15, 0.2) is 24.3 Å². The van der Waals surface area contributed by atoms with Crippen LogP contribution >= 0.6 is 0 Å². The molecule has 2 rings (SSSR count). The zero-order valence-corrected chi connectivity index (χ0v) is 10.9. The summed E-state index contributed by atoms with van der Waals surface area (Å²) in [6.07, 6.45) is -3.39. The number of carbonyl (C=O) groups is 2. The van der Waals surface area contributed by atoms with Crippen LogP contribution in [-0.4, -0.2) is 40.8 Å². The maximum absolute atomic E-state index is 12.5. The average Bonchev–Trinajstić information content (AvgIpc) is 3.19. The Morgan fingerprint density at radius 2 is 2.00 bits per heavy atom. The van der Waals surface area contributed by atoms with Gasteiger partial charge in [0, 0.05) is 11.7 Å². The van der Waals surface area contributed by atoms with Crippen LogP contribution in [0.4, 0.5) is 23.7 Å². The lowest BCUT2D eigenvalue weighted by Gasteiger charge is -2.24. The number of hydrogen-bond donors (Lipinski definition) is 2. The van der Waals surface area contributed by atoms with Gasteiger partial charge >= 0.3 is 18.2 Å². The van der Waals surface area contributed by atoms with E-state index in [4.69, 9.17) is 5.11 Å². The number of carboxylic acids is 1. The van der Waals surface area contributed by atoms with E-state index in [0.717, 1.165) is 4.90 Å². The number of nitrogens with one attached hydrogen (secondary N) is 1. The Bertz CT molecular complexity index is 556. The second-order valence-corrected chi connectivity index (χ2v) is 4.79. The third-order valence-electron chi connectivity index (χ3n) is 2.96. The van der Waals surface area contributed by atoms with E-state index >= 15 is 0 Å². The number of nitrogens with zero attached hydrogens (tertiary/aromatic N) is 1. The van der Waals surface area contributed by atoms with Crippen molar-refractivity contribution in [3.8, 4) is 0 Å². The van der Waals surface area contributed by atoms with Crippen molar-refractivity contribution in [2.45, 2.75) is 25.1 Å². The Kier molecular flexibility index (Phi) is 4.06. The predicted octanol–water partition coefficient (Wildman–Crippen LogP) is 2.94. The molecule has 114 valence electrons. The number of urea groups is 1. The fourth-order valence-electron chi connectivity index (χ4n) is 1.87. The molecule has 0 atom stereocenters. The lowest BCUT2D eigenvalue weighted by Crippen LogP contribution is -2.42. The number of benzene rings is 1. The largest absolute Gasteiger partial charge is 0.478 e. The Morgan fingerprint density at radius 3 is 2.52 bits per heavy atom. The van der Waals surface area contributed by atoms with Gasteiger partial charge in [0.05, 0.1) is 5.56 Å². The van der Waals surface area contributed by atoms with Gasteiger partial charge in [-0.3, -0.25) is 0 Å². The van der Waals surface area contributed by atoms with Crippen LogP contribution in [0, 0.1) is 0 Å². The Labute approximate surface area is 118 Å². The topological polar surface area (TPSA) is 69.6 Å². The highest BCUT2D eigenvalue weighted by Gasteiger charge is 2.40. The minimum Gasteiger partial charge on any atom is -0.478 e. The maximum Gasteiger partial charge on any atom is 0.406 e. The van der Waals surface area contributed by atoms with Gasteiger partial charge in [0.25, 0.3) is 0 Å². The summed E-state index contributed by atoms with van der Waals surface area (Å²) in [4.78, 5) is 23.5. The van der Waals surface area contributed by atoms with Crippen molar-refractivity contribution in [1.82, 2.24) is 4.90 Å². The van der Waals surface area contributed by atoms with Crippen LogP contribution in [0.5, 0.6) is 0 Å². The third kappa shape index (κ3) is 4.37. The van der Waals surface area contributed by atoms with Crippen molar-refractivity contribution in [2.24, 2.45) is 0 Å². The van der Waals surface area contributed by atoms with E-state index in [0.29, 0.717) is 12.8 Å². The molecule has 0 saturated heterocycles. The van der Waals surface area contributed by atoms with Gasteiger partial charge in [-0.1, -0.05) is 6.07 Å². The quantitative estimate of drug-likeness (QED) is 0.898. The molecule has 0 heterocycles. The van der Waals surface area contributed by atoms with Gasteiger partial charge in [-0.15, -0.1) is 0 Å². The summed E-state index contributed by atoms with van der Waals surface area (Å²) >= 11 is 0. The van der Waals surface area contributed by atoms with Gasteiger partial charge in [-0.25, -0.2) is 9.59 Å². The Balaban J connectivity index is 2.08. The van der Waals surface area contributed by atoms with Gasteiger partial charge in [0.1, 0.15) is 6.54 Å². The zero-order valence-electron chi connectivity index (χ0n) is 10.9. The minimum absolute atomic E-state index is 0.0541. The first-order valence-corrected chi connectivity index (χ1v) is 6.24. The summed E-state index contributed by atoms with van der Waals surface area (Å²) in [5, 5.41) is 11.1.